The number of aromatic nitrogens is 1. The fourth-order valence-corrected chi connectivity index (χ4v) is 2.60. The number of nitrogens with one attached hydrogen (secondary N) is 1. The second-order valence-corrected chi connectivity index (χ2v) is 5.42. The average Bonchev–Trinajstić information content (AvgIpc) is 2.53. The molecule has 0 unspecified atom stereocenters. The summed E-state index contributed by atoms with van der Waals surface area (Å²) in [5.74, 6) is 0.0802. The van der Waals surface area contributed by atoms with Gasteiger partial charge in [0.2, 0.25) is 5.91 Å². The van der Waals surface area contributed by atoms with Crippen molar-refractivity contribution in [1.29, 1.82) is 0 Å². The summed E-state index contributed by atoms with van der Waals surface area (Å²) in [5, 5.41) is 3.16. The Balaban J connectivity index is 1.91. The molecule has 6 heteroatoms. The zero-order valence-corrected chi connectivity index (χ0v) is 12.3. The van der Waals surface area contributed by atoms with E-state index in [9.17, 15) is 9.59 Å². The number of rotatable bonds is 5. The Hall–Kier alpha value is -1.95. The number of amides is 2. The van der Waals surface area contributed by atoms with Gasteiger partial charge in [0.1, 0.15) is 5.69 Å². The Labute approximate surface area is 124 Å². The maximum absolute atomic E-state index is 12.3. The van der Waals surface area contributed by atoms with Crippen LogP contribution in [-0.2, 0) is 0 Å². The van der Waals surface area contributed by atoms with Crippen LogP contribution >= 0.6 is 0 Å². The first kappa shape index (κ1) is 15.4. The highest BCUT2D eigenvalue weighted by Crippen LogP contribution is 2.21. The summed E-state index contributed by atoms with van der Waals surface area (Å²) in [5.41, 5.74) is 5.84. The number of nitrogens with two attached hydrogens (primary N) is 1. The van der Waals surface area contributed by atoms with Crippen molar-refractivity contribution < 1.29 is 9.59 Å². The highest BCUT2D eigenvalue weighted by molar-refractivity contribution is 5.95. The van der Waals surface area contributed by atoms with Crippen molar-refractivity contribution in [2.45, 2.75) is 19.3 Å². The summed E-state index contributed by atoms with van der Waals surface area (Å²) in [6.07, 6.45) is 4.58. The highest BCUT2D eigenvalue weighted by Gasteiger charge is 2.24. The minimum Gasteiger partial charge on any atom is -0.366 e. The summed E-state index contributed by atoms with van der Waals surface area (Å²) in [6, 6.07) is 3.11. The molecule has 1 aromatic heterocycles. The number of carbonyl (C=O) groups excluding carboxylic acids is 2. The second-order valence-electron chi connectivity index (χ2n) is 5.42. The fourth-order valence-electron chi connectivity index (χ4n) is 2.60. The number of nitrogens with zero attached hydrogens (tertiary/aromatic N) is 2. The lowest BCUT2D eigenvalue weighted by Crippen LogP contribution is -2.39. The molecule has 1 fully saturated rings. The van der Waals surface area contributed by atoms with Gasteiger partial charge in [-0.25, -0.2) is 0 Å². The lowest BCUT2D eigenvalue weighted by atomic mass is 9.93. The number of hydrogen-bond acceptors (Lipinski definition) is 4. The minimum atomic E-state index is -0.535. The van der Waals surface area contributed by atoms with Crippen LogP contribution in [0.3, 0.4) is 0 Å². The van der Waals surface area contributed by atoms with Gasteiger partial charge in [0.25, 0.3) is 5.91 Å². The van der Waals surface area contributed by atoms with Gasteiger partial charge in [0, 0.05) is 19.3 Å². The van der Waals surface area contributed by atoms with Crippen molar-refractivity contribution in [2.75, 3.05) is 26.7 Å². The molecule has 1 aliphatic heterocycles. The largest absolute Gasteiger partial charge is 0.366 e. The second kappa shape index (κ2) is 7.17. The van der Waals surface area contributed by atoms with E-state index in [1.807, 2.05) is 11.9 Å². The zero-order chi connectivity index (χ0) is 15.2. The number of pyridine rings is 1. The van der Waals surface area contributed by atoms with Crippen LogP contribution < -0.4 is 11.1 Å². The lowest BCUT2D eigenvalue weighted by Gasteiger charge is -2.31. The molecule has 0 radical (unpaired) electrons. The monoisotopic (exact) mass is 290 g/mol. The molecule has 0 saturated carbocycles. The normalized spacial score (nSPS) is 16.0. The summed E-state index contributed by atoms with van der Waals surface area (Å²) in [4.78, 5) is 29.2. The third-order valence-electron chi connectivity index (χ3n) is 3.97. The van der Waals surface area contributed by atoms with Gasteiger partial charge in [0.05, 0.1) is 5.56 Å². The lowest BCUT2D eigenvalue weighted by molar-refractivity contribution is 0.0680. The minimum absolute atomic E-state index is 0.0712. The van der Waals surface area contributed by atoms with Crippen LogP contribution in [0.2, 0.25) is 0 Å². The third kappa shape index (κ3) is 4.01. The summed E-state index contributed by atoms with van der Waals surface area (Å²) in [6.45, 7) is 2.56. The molecule has 0 spiro atoms. The fraction of sp³-hybridized carbons (Fsp3) is 0.533. The molecular formula is C15H22N4O2. The van der Waals surface area contributed by atoms with Gasteiger partial charge in [-0.2, -0.15) is 0 Å². The van der Waals surface area contributed by atoms with Crippen LogP contribution in [-0.4, -0.2) is 48.4 Å². The molecular weight excluding hydrogens is 268 g/mol. The van der Waals surface area contributed by atoms with E-state index in [4.69, 9.17) is 5.73 Å². The van der Waals surface area contributed by atoms with Crippen LogP contribution in [0.4, 0.5) is 0 Å². The molecule has 1 aromatic rings. The smallest absolute Gasteiger partial charge is 0.272 e. The van der Waals surface area contributed by atoms with Gasteiger partial charge in [-0.3, -0.25) is 14.6 Å². The molecule has 2 heterocycles. The van der Waals surface area contributed by atoms with Crippen LogP contribution in [0.25, 0.3) is 0 Å². The van der Waals surface area contributed by atoms with E-state index in [-0.39, 0.29) is 5.91 Å². The van der Waals surface area contributed by atoms with Crippen molar-refractivity contribution in [3.63, 3.8) is 0 Å². The number of hydrogen-bond donors (Lipinski definition) is 2. The molecule has 0 aliphatic carbocycles. The van der Waals surface area contributed by atoms with Crippen molar-refractivity contribution in [1.82, 2.24) is 15.2 Å². The Morgan fingerprint density at radius 1 is 1.38 bits per heavy atom. The summed E-state index contributed by atoms with van der Waals surface area (Å²) >= 11 is 0. The zero-order valence-electron chi connectivity index (χ0n) is 12.3. The van der Waals surface area contributed by atoms with Gasteiger partial charge < -0.3 is 16.0 Å². The molecule has 2 amide bonds. The van der Waals surface area contributed by atoms with Gasteiger partial charge in [-0.05, 0) is 50.9 Å². The SMILES string of the molecule is CNCCC1CCN(C(=O)c2ccc(C(N)=O)cn2)CC1. The summed E-state index contributed by atoms with van der Waals surface area (Å²) < 4.78 is 0. The Morgan fingerprint density at radius 2 is 2.10 bits per heavy atom. The van der Waals surface area contributed by atoms with Gasteiger partial charge in [-0.1, -0.05) is 0 Å². The molecule has 1 aliphatic rings. The van der Waals surface area contributed by atoms with E-state index >= 15 is 0 Å². The van der Waals surface area contributed by atoms with Crippen molar-refractivity contribution >= 4 is 11.8 Å². The highest BCUT2D eigenvalue weighted by atomic mass is 16.2. The predicted molar refractivity (Wildman–Crippen MR) is 79.9 cm³/mol. The molecule has 114 valence electrons. The molecule has 21 heavy (non-hydrogen) atoms. The molecule has 3 N–H and O–H groups in total. The van der Waals surface area contributed by atoms with E-state index in [0.29, 0.717) is 17.2 Å². The molecule has 0 bridgehead atoms. The molecule has 1 saturated heterocycles. The first-order valence-corrected chi connectivity index (χ1v) is 7.31. The molecule has 0 aromatic carbocycles. The molecule has 2 rings (SSSR count). The number of likely N-dealkylation sites (tertiary alicyclic amines) is 1. The quantitative estimate of drug-likeness (QED) is 0.833. The Morgan fingerprint density at radius 3 is 2.62 bits per heavy atom. The topological polar surface area (TPSA) is 88.3 Å². The van der Waals surface area contributed by atoms with Crippen LogP contribution in [0.15, 0.2) is 18.3 Å². The predicted octanol–water partition coefficient (Wildman–Crippen LogP) is 0.642. The van der Waals surface area contributed by atoms with Gasteiger partial charge >= 0.3 is 0 Å². The maximum atomic E-state index is 12.3. The standard InChI is InChI=1S/C15H22N4O2/c1-17-7-4-11-5-8-19(9-6-11)15(21)13-3-2-12(10-18-13)14(16)20/h2-3,10-11,17H,4-9H2,1H3,(H2,16,20). The van der Waals surface area contributed by atoms with Gasteiger partial charge in [0.15, 0.2) is 0 Å². The van der Waals surface area contributed by atoms with E-state index in [1.165, 1.54) is 6.20 Å². The van der Waals surface area contributed by atoms with Gasteiger partial charge in [-0.15, -0.1) is 0 Å². The van der Waals surface area contributed by atoms with Crippen molar-refractivity contribution in [2.24, 2.45) is 11.7 Å². The van der Waals surface area contributed by atoms with Crippen LogP contribution in [0.5, 0.6) is 0 Å². The number of piperidine rings is 1. The van der Waals surface area contributed by atoms with E-state index in [2.05, 4.69) is 10.3 Å². The molecule has 0 atom stereocenters. The van der Waals surface area contributed by atoms with E-state index in [0.717, 1.165) is 38.9 Å². The third-order valence-corrected chi connectivity index (χ3v) is 3.97. The van der Waals surface area contributed by atoms with E-state index < -0.39 is 5.91 Å². The van der Waals surface area contributed by atoms with Crippen molar-refractivity contribution in [3.05, 3.63) is 29.6 Å². The van der Waals surface area contributed by atoms with Crippen molar-refractivity contribution in [3.8, 4) is 0 Å². The number of carbonyl (C=O) groups is 2. The first-order valence-electron chi connectivity index (χ1n) is 7.31. The maximum Gasteiger partial charge on any atom is 0.272 e. The average molecular weight is 290 g/mol. The first-order chi connectivity index (χ1) is 10.1. The molecule has 6 nitrogen and oxygen atoms in total. The Bertz CT molecular complexity index is 493. The van der Waals surface area contributed by atoms with Crippen LogP contribution in [0, 0.1) is 5.92 Å². The van der Waals surface area contributed by atoms with Crippen LogP contribution in [0.1, 0.15) is 40.1 Å². The number of primary amides is 1. The Kier molecular flexibility index (Phi) is 5.27. The summed E-state index contributed by atoms with van der Waals surface area (Å²) in [7, 11) is 1.96. The van der Waals surface area contributed by atoms with E-state index in [1.54, 1.807) is 12.1 Å².